The van der Waals surface area contributed by atoms with Crippen LogP contribution in [-0.4, -0.2) is 0 Å². The van der Waals surface area contributed by atoms with Crippen LogP contribution in [-0.2, 0) is 25.8 Å². The number of allylic oxidation sites excluding steroid dienone is 1. The zero-order valence-electron chi connectivity index (χ0n) is 17.4. The van der Waals surface area contributed by atoms with Gasteiger partial charge in [0.05, 0.1) is 0 Å². The van der Waals surface area contributed by atoms with E-state index >= 15 is 0 Å². The Morgan fingerprint density at radius 3 is 1.76 bits per heavy atom. The van der Waals surface area contributed by atoms with E-state index in [0.29, 0.717) is 11.8 Å². The zero-order chi connectivity index (χ0) is 18.2. The maximum Gasteiger partial charge on any atom is 0 e. The number of aryl methyl sites for hydroxylation is 2. The summed E-state index contributed by atoms with van der Waals surface area (Å²) in [5.74, 6) is 1.15. The minimum absolute atomic E-state index is 0. The van der Waals surface area contributed by atoms with Gasteiger partial charge in [0.1, 0.15) is 0 Å². The Labute approximate surface area is 173 Å². The first-order valence-electron chi connectivity index (χ1n) is 9.05. The molecule has 25 heavy (non-hydrogen) atoms. The van der Waals surface area contributed by atoms with Crippen LogP contribution in [0.15, 0.2) is 12.1 Å². The van der Waals surface area contributed by atoms with Crippen molar-refractivity contribution in [3.63, 3.8) is 0 Å². The number of benzene rings is 1. The van der Waals surface area contributed by atoms with Gasteiger partial charge in [0.2, 0.25) is 0 Å². The maximum atomic E-state index is 3.45. The second-order valence-corrected chi connectivity index (χ2v) is 7.72. The molecule has 0 fully saturated rings. The first-order chi connectivity index (χ1) is 11.1. The van der Waals surface area contributed by atoms with Gasteiger partial charge in [-0.25, -0.2) is 6.08 Å². The summed E-state index contributed by atoms with van der Waals surface area (Å²) in [5.41, 5.74) is 12.9. The van der Waals surface area contributed by atoms with E-state index in [-0.39, 0.29) is 25.8 Å². The Bertz CT molecular complexity index is 692. The molecule has 2 aromatic carbocycles. The van der Waals surface area contributed by atoms with Crippen molar-refractivity contribution in [2.24, 2.45) is 5.92 Å². The minimum Gasteiger partial charge on any atom is -0.268 e. The molecule has 0 aliphatic heterocycles. The Morgan fingerprint density at radius 2 is 1.36 bits per heavy atom. The van der Waals surface area contributed by atoms with Gasteiger partial charge in [0.15, 0.2) is 0 Å². The SMILES string of the molecule is Cc1c(C)c(C)[c-](C)c1C.Cc1cc2c(cc1C)C(C(C)C)[C-]=C2.[Hf]. The summed E-state index contributed by atoms with van der Waals surface area (Å²) < 4.78 is 0. The summed E-state index contributed by atoms with van der Waals surface area (Å²) in [6, 6.07) is 4.60. The molecule has 2 aromatic rings. The summed E-state index contributed by atoms with van der Waals surface area (Å²) in [5, 5.41) is 0. The van der Waals surface area contributed by atoms with Gasteiger partial charge in [-0.3, -0.25) is 6.08 Å². The van der Waals surface area contributed by atoms with Gasteiger partial charge >= 0.3 is 0 Å². The Morgan fingerprint density at radius 1 is 0.880 bits per heavy atom. The van der Waals surface area contributed by atoms with E-state index in [1.165, 1.54) is 50.1 Å². The van der Waals surface area contributed by atoms with E-state index in [0.717, 1.165) is 0 Å². The van der Waals surface area contributed by atoms with Crippen molar-refractivity contribution in [3.8, 4) is 0 Å². The van der Waals surface area contributed by atoms with Gasteiger partial charge in [-0.05, 0) is 13.8 Å². The topological polar surface area (TPSA) is 0 Å². The first kappa shape index (κ1) is 22.2. The predicted molar refractivity (Wildman–Crippen MR) is 107 cm³/mol. The third-order valence-corrected chi connectivity index (χ3v) is 5.93. The predicted octanol–water partition coefficient (Wildman–Crippen LogP) is 6.82. The molecule has 0 spiro atoms. The fourth-order valence-corrected chi connectivity index (χ4v) is 3.48. The summed E-state index contributed by atoms with van der Waals surface area (Å²) in [7, 11) is 0. The molecule has 134 valence electrons. The second kappa shape index (κ2) is 8.71. The molecule has 0 heterocycles. The molecule has 1 atom stereocenters. The molecule has 0 saturated heterocycles. The van der Waals surface area contributed by atoms with Crippen LogP contribution in [0.1, 0.15) is 69.8 Å². The van der Waals surface area contributed by atoms with E-state index in [1.54, 1.807) is 0 Å². The molecule has 1 aliphatic rings. The molecule has 0 amide bonds. The van der Waals surface area contributed by atoms with Crippen molar-refractivity contribution in [2.45, 2.75) is 68.2 Å². The van der Waals surface area contributed by atoms with Crippen LogP contribution in [0.3, 0.4) is 0 Å². The summed E-state index contributed by atoms with van der Waals surface area (Å²) in [6.45, 7) is 19.9. The fourth-order valence-electron chi connectivity index (χ4n) is 3.48. The van der Waals surface area contributed by atoms with E-state index < -0.39 is 0 Å². The van der Waals surface area contributed by atoms with Crippen LogP contribution >= 0.6 is 0 Å². The largest absolute Gasteiger partial charge is 0.268 e. The molecule has 0 saturated carbocycles. The van der Waals surface area contributed by atoms with E-state index in [2.05, 4.69) is 86.6 Å². The number of hydrogen-bond donors (Lipinski definition) is 0. The standard InChI is InChI=1S/C14H17.C10H15.Hf/c1-9(2)13-6-5-12-7-10(3)11(4)8-14(12)13;1-6-7(2)9(4)10(5)8(6)3;/h5,7-9,13H,1-4H3;1-5H3;/q2*-1;. The smallest absolute Gasteiger partial charge is 0 e. The molecule has 0 aromatic heterocycles. The monoisotopic (exact) mass is 500 g/mol. The van der Waals surface area contributed by atoms with Crippen LogP contribution in [0.5, 0.6) is 0 Å². The van der Waals surface area contributed by atoms with Gasteiger partial charge < -0.3 is 0 Å². The second-order valence-electron chi connectivity index (χ2n) is 7.72. The van der Waals surface area contributed by atoms with Crippen molar-refractivity contribution in [1.29, 1.82) is 0 Å². The Hall–Kier alpha value is -0.820. The third-order valence-electron chi connectivity index (χ3n) is 5.93. The van der Waals surface area contributed by atoms with Gasteiger partial charge in [0.25, 0.3) is 0 Å². The first-order valence-corrected chi connectivity index (χ1v) is 9.05. The van der Waals surface area contributed by atoms with Crippen LogP contribution < -0.4 is 0 Å². The molecular formula is C24H32Hf-2. The average molecular weight is 499 g/mol. The van der Waals surface area contributed by atoms with Crippen LogP contribution in [0.4, 0.5) is 0 Å². The number of rotatable bonds is 1. The van der Waals surface area contributed by atoms with Crippen molar-refractivity contribution >= 4 is 6.08 Å². The molecule has 1 unspecified atom stereocenters. The van der Waals surface area contributed by atoms with Crippen molar-refractivity contribution < 1.29 is 25.8 Å². The molecular weight excluding hydrogens is 467 g/mol. The number of fused-ring (bicyclic) bond motifs is 1. The van der Waals surface area contributed by atoms with E-state index in [9.17, 15) is 0 Å². The quantitative estimate of drug-likeness (QED) is 0.299. The van der Waals surface area contributed by atoms with Gasteiger partial charge in [-0.1, -0.05) is 77.5 Å². The molecule has 1 heteroatoms. The van der Waals surface area contributed by atoms with E-state index in [1.807, 2.05) is 0 Å². The van der Waals surface area contributed by atoms with E-state index in [4.69, 9.17) is 0 Å². The summed E-state index contributed by atoms with van der Waals surface area (Å²) in [4.78, 5) is 0. The Balaban J connectivity index is 0.000000254. The number of hydrogen-bond acceptors (Lipinski definition) is 0. The Kier molecular flexibility index (Phi) is 7.74. The van der Waals surface area contributed by atoms with Crippen LogP contribution in [0, 0.1) is 60.5 Å². The van der Waals surface area contributed by atoms with Gasteiger partial charge in [0, 0.05) is 25.8 Å². The molecule has 0 nitrogen and oxygen atoms in total. The normalized spacial score (nSPS) is 14.9. The molecule has 3 rings (SSSR count). The summed E-state index contributed by atoms with van der Waals surface area (Å²) in [6.07, 6.45) is 5.60. The van der Waals surface area contributed by atoms with Crippen molar-refractivity contribution in [1.82, 2.24) is 0 Å². The zero-order valence-corrected chi connectivity index (χ0v) is 21.0. The molecule has 1 aliphatic carbocycles. The van der Waals surface area contributed by atoms with Crippen LogP contribution in [0.25, 0.3) is 6.08 Å². The minimum atomic E-state index is 0. The van der Waals surface area contributed by atoms with Crippen molar-refractivity contribution in [2.75, 3.05) is 0 Å². The average Bonchev–Trinajstić information content (AvgIpc) is 3.01. The van der Waals surface area contributed by atoms with Crippen molar-refractivity contribution in [3.05, 3.63) is 68.3 Å². The molecule has 0 N–H and O–H groups in total. The molecule has 0 bridgehead atoms. The summed E-state index contributed by atoms with van der Waals surface area (Å²) >= 11 is 0. The third kappa shape index (κ3) is 4.48. The van der Waals surface area contributed by atoms with Gasteiger partial charge in [-0.15, -0.1) is 11.6 Å². The van der Waals surface area contributed by atoms with Crippen LogP contribution in [0.2, 0.25) is 0 Å². The fraction of sp³-hybridized carbons (Fsp3) is 0.458. The maximum absolute atomic E-state index is 3.45. The molecule has 0 radical (unpaired) electrons. The van der Waals surface area contributed by atoms with Gasteiger partial charge in [-0.2, -0.15) is 33.4 Å².